The third-order valence-corrected chi connectivity index (χ3v) is 2.78. The maximum Gasteiger partial charge on any atom is 0.198 e. The van der Waals surface area contributed by atoms with Crippen LogP contribution in [0.1, 0.15) is 18.2 Å². The van der Waals surface area contributed by atoms with Gasteiger partial charge in [-0.15, -0.1) is 0 Å². The van der Waals surface area contributed by atoms with Gasteiger partial charge in [-0.3, -0.25) is 0 Å². The Morgan fingerprint density at radius 1 is 1.35 bits per heavy atom. The second-order valence-electron chi connectivity index (χ2n) is 4.04. The fraction of sp³-hybridized carbons (Fsp3) is 0.308. The van der Waals surface area contributed by atoms with Crippen molar-refractivity contribution < 1.29 is 0 Å². The third kappa shape index (κ3) is 2.47. The number of hydrogen-bond donors (Lipinski definition) is 3. The molecule has 0 aliphatic heterocycles. The zero-order chi connectivity index (χ0) is 12.3. The Hall–Kier alpha value is -1.81. The van der Waals surface area contributed by atoms with Crippen LogP contribution in [0.15, 0.2) is 24.3 Å². The van der Waals surface area contributed by atoms with Crippen molar-refractivity contribution in [3.63, 3.8) is 0 Å². The Kier molecular flexibility index (Phi) is 3.44. The van der Waals surface area contributed by atoms with Crippen LogP contribution in [-0.2, 0) is 12.8 Å². The summed E-state index contributed by atoms with van der Waals surface area (Å²) in [6.07, 6.45) is 1.77. The molecule has 1 heterocycles. The highest BCUT2D eigenvalue weighted by atomic mass is 15.0. The van der Waals surface area contributed by atoms with Crippen LogP contribution in [0.2, 0.25) is 0 Å². The molecule has 0 saturated heterocycles. The van der Waals surface area contributed by atoms with Crippen LogP contribution in [-0.4, -0.2) is 16.5 Å². The number of aromatic nitrogens is 2. The van der Waals surface area contributed by atoms with E-state index in [9.17, 15) is 0 Å². The van der Waals surface area contributed by atoms with E-state index in [0.29, 0.717) is 12.5 Å². The Morgan fingerprint density at radius 2 is 2.18 bits per heavy atom. The molecule has 0 radical (unpaired) electrons. The summed E-state index contributed by atoms with van der Waals surface area (Å²) in [4.78, 5) is 7.43. The van der Waals surface area contributed by atoms with Crippen molar-refractivity contribution in [2.45, 2.75) is 19.8 Å². The molecule has 0 bridgehead atoms. The molecule has 0 aliphatic carbocycles. The quantitative estimate of drug-likeness (QED) is 0.748. The van der Waals surface area contributed by atoms with Gasteiger partial charge in [-0.2, -0.15) is 0 Å². The van der Waals surface area contributed by atoms with Crippen molar-refractivity contribution in [2.24, 2.45) is 5.73 Å². The maximum atomic E-state index is 5.70. The van der Waals surface area contributed by atoms with E-state index in [2.05, 4.69) is 35.1 Å². The van der Waals surface area contributed by atoms with E-state index in [0.717, 1.165) is 29.8 Å². The SMILES string of the molecule is CCc1[nH]c(N)nc1-c1cccc(CCN)c1. The summed E-state index contributed by atoms with van der Waals surface area (Å²) < 4.78 is 0. The number of hydrogen-bond acceptors (Lipinski definition) is 3. The second kappa shape index (κ2) is 5.01. The maximum absolute atomic E-state index is 5.70. The molecule has 17 heavy (non-hydrogen) atoms. The summed E-state index contributed by atoms with van der Waals surface area (Å²) in [5.74, 6) is 0.473. The summed E-state index contributed by atoms with van der Waals surface area (Å²) in [6.45, 7) is 2.74. The minimum Gasteiger partial charge on any atom is -0.369 e. The minimum absolute atomic E-state index is 0.473. The number of benzene rings is 1. The van der Waals surface area contributed by atoms with Crippen molar-refractivity contribution in [1.82, 2.24) is 9.97 Å². The van der Waals surface area contributed by atoms with Crippen molar-refractivity contribution in [3.8, 4) is 11.3 Å². The standard InChI is InChI=1S/C13H18N4/c1-2-11-12(17-13(15)16-11)10-5-3-4-9(8-10)6-7-14/h3-5,8H,2,6-7,14H2,1H3,(H3,15,16,17). The molecule has 0 fully saturated rings. The molecule has 2 rings (SSSR count). The van der Waals surface area contributed by atoms with E-state index in [4.69, 9.17) is 11.5 Å². The molecule has 1 aromatic carbocycles. The van der Waals surface area contributed by atoms with E-state index in [1.165, 1.54) is 5.56 Å². The number of nitrogens with one attached hydrogen (secondary N) is 1. The monoisotopic (exact) mass is 230 g/mol. The molecule has 5 N–H and O–H groups in total. The van der Waals surface area contributed by atoms with Gasteiger partial charge in [0.05, 0.1) is 5.69 Å². The number of nitrogens with zero attached hydrogens (tertiary/aromatic N) is 1. The smallest absolute Gasteiger partial charge is 0.198 e. The molecule has 90 valence electrons. The Labute approximate surface area is 101 Å². The molecular weight excluding hydrogens is 212 g/mol. The number of rotatable bonds is 4. The molecule has 1 aromatic heterocycles. The molecule has 0 spiro atoms. The highest BCUT2D eigenvalue weighted by Gasteiger charge is 2.09. The first-order chi connectivity index (χ1) is 8.24. The van der Waals surface area contributed by atoms with Crippen LogP contribution in [0.5, 0.6) is 0 Å². The number of H-pyrrole nitrogens is 1. The zero-order valence-corrected chi connectivity index (χ0v) is 10.0. The van der Waals surface area contributed by atoms with Crippen LogP contribution in [0.3, 0.4) is 0 Å². The minimum atomic E-state index is 0.473. The van der Waals surface area contributed by atoms with Gasteiger partial charge in [-0.1, -0.05) is 25.1 Å². The number of nitrogen functional groups attached to an aromatic ring is 1. The molecule has 0 atom stereocenters. The fourth-order valence-electron chi connectivity index (χ4n) is 1.97. The lowest BCUT2D eigenvalue weighted by atomic mass is 10.0. The number of aryl methyl sites for hydroxylation is 1. The summed E-state index contributed by atoms with van der Waals surface area (Å²) in [5, 5.41) is 0. The molecule has 4 heteroatoms. The lowest BCUT2D eigenvalue weighted by molar-refractivity contribution is 0.969. The number of imidazole rings is 1. The Balaban J connectivity index is 2.41. The fourth-order valence-corrected chi connectivity index (χ4v) is 1.97. The van der Waals surface area contributed by atoms with Crippen molar-refractivity contribution in [3.05, 3.63) is 35.5 Å². The summed E-state index contributed by atoms with van der Waals surface area (Å²) >= 11 is 0. The van der Waals surface area contributed by atoms with Gasteiger partial charge in [0, 0.05) is 11.3 Å². The van der Waals surface area contributed by atoms with Crippen molar-refractivity contribution >= 4 is 5.95 Å². The lowest BCUT2D eigenvalue weighted by Gasteiger charge is -2.03. The predicted octanol–water partition coefficient (Wildman–Crippen LogP) is 1.72. The van der Waals surface area contributed by atoms with E-state index >= 15 is 0 Å². The van der Waals surface area contributed by atoms with Crippen molar-refractivity contribution in [2.75, 3.05) is 12.3 Å². The predicted molar refractivity (Wildman–Crippen MR) is 70.6 cm³/mol. The molecule has 0 aliphatic rings. The van der Waals surface area contributed by atoms with Gasteiger partial charge in [0.15, 0.2) is 5.95 Å². The molecule has 0 unspecified atom stereocenters. The highest BCUT2D eigenvalue weighted by molar-refractivity contribution is 5.64. The highest BCUT2D eigenvalue weighted by Crippen LogP contribution is 2.23. The van der Waals surface area contributed by atoms with E-state index < -0.39 is 0 Å². The first-order valence-corrected chi connectivity index (χ1v) is 5.88. The molecule has 0 saturated carbocycles. The number of aromatic amines is 1. The number of nitrogens with two attached hydrogens (primary N) is 2. The summed E-state index contributed by atoms with van der Waals surface area (Å²) in [6, 6.07) is 8.29. The van der Waals surface area contributed by atoms with E-state index in [1.54, 1.807) is 0 Å². The van der Waals surface area contributed by atoms with E-state index in [-0.39, 0.29) is 0 Å². The Morgan fingerprint density at radius 3 is 2.88 bits per heavy atom. The average molecular weight is 230 g/mol. The normalized spacial score (nSPS) is 10.7. The van der Waals surface area contributed by atoms with Gasteiger partial charge in [0.25, 0.3) is 0 Å². The van der Waals surface area contributed by atoms with Crippen LogP contribution >= 0.6 is 0 Å². The van der Waals surface area contributed by atoms with Gasteiger partial charge in [-0.05, 0) is 31.0 Å². The molecule has 2 aromatic rings. The van der Waals surface area contributed by atoms with Gasteiger partial charge < -0.3 is 16.5 Å². The molecule has 4 nitrogen and oxygen atoms in total. The van der Waals surface area contributed by atoms with E-state index in [1.807, 2.05) is 6.07 Å². The van der Waals surface area contributed by atoms with Crippen LogP contribution in [0.25, 0.3) is 11.3 Å². The Bertz CT molecular complexity index is 502. The topological polar surface area (TPSA) is 80.7 Å². The van der Waals surface area contributed by atoms with Crippen LogP contribution < -0.4 is 11.5 Å². The van der Waals surface area contributed by atoms with Gasteiger partial charge in [-0.25, -0.2) is 4.98 Å². The number of anilines is 1. The largest absolute Gasteiger partial charge is 0.369 e. The first-order valence-electron chi connectivity index (χ1n) is 5.88. The van der Waals surface area contributed by atoms with Gasteiger partial charge in [0.2, 0.25) is 0 Å². The van der Waals surface area contributed by atoms with Crippen LogP contribution in [0.4, 0.5) is 5.95 Å². The third-order valence-electron chi connectivity index (χ3n) is 2.78. The molecular formula is C13H18N4. The molecule has 0 amide bonds. The second-order valence-corrected chi connectivity index (χ2v) is 4.04. The van der Waals surface area contributed by atoms with Crippen LogP contribution in [0, 0.1) is 0 Å². The van der Waals surface area contributed by atoms with Crippen molar-refractivity contribution in [1.29, 1.82) is 0 Å². The van der Waals surface area contributed by atoms with Gasteiger partial charge in [0.1, 0.15) is 0 Å². The lowest BCUT2D eigenvalue weighted by Crippen LogP contribution is -2.02. The zero-order valence-electron chi connectivity index (χ0n) is 10.0. The first kappa shape index (κ1) is 11.7. The van der Waals surface area contributed by atoms with Gasteiger partial charge >= 0.3 is 0 Å². The summed E-state index contributed by atoms with van der Waals surface area (Å²) in [7, 11) is 0. The average Bonchev–Trinajstić information content (AvgIpc) is 2.71. The summed E-state index contributed by atoms with van der Waals surface area (Å²) in [5.41, 5.74) is 15.6.